The number of aromatic nitrogens is 2. The predicted molar refractivity (Wildman–Crippen MR) is 115 cm³/mol. The fraction of sp³-hybridized carbons (Fsp3) is 0.273. The standard InChI is InChI=1S/C20H21N3O3.C2HF3O2/c1-14-7-5-11-21-20(14)22-18(24)10-6-12-26-17-13-19(25)23(2)16-9-4-3-8-15(16)17;3-2(4,5)1(6)7/h3-5,7-9,11,13H,6,10,12H2,1-2H3,(H,21,22,24);(H,6,7). The number of para-hydroxylation sites is 1. The molecule has 3 aromatic rings. The largest absolute Gasteiger partial charge is 0.493 e. The van der Waals surface area contributed by atoms with Crippen LogP contribution in [-0.4, -0.2) is 39.3 Å². The Hall–Kier alpha value is -3.89. The monoisotopic (exact) mass is 465 g/mol. The molecular weight excluding hydrogens is 443 g/mol. The minimum absolute atomic E-state index is 0.107. The number of rotatable bonds is 6. The third-order valence-corrected chi connectivity index (χ3v) is 4.43. The van der Waals surface area contributed by atoms with Crippen LogP contribution in [0.2, 0.25) is 0 Å². The summed E-state index contributed by atoms with van der Waals surface area (Å²) in [7, 11) is 1.73. The van der Waals surface area contributed by atoms with Crippen molar-refractivity contribution in [3.05, 3.63) is 64.6 Å². The number of carbonyl (C=O) groups excluding carboxylic acids is 1. The van der Waals surface area contributed by atoms with Crippen LogP contribution in [0.25, 0.3) is 10.9 Å². The number of fused-ring (bicyclic) bond motifs is 1. The van der Waals surface area contributed by atoms with Crippen LogP contribution in [0.15, 0.2) is 53.5 Å². The van der Waals surface area contributed by atoms with Gasteiger partial charge in [0.25, 0.3) is 5.56 Å². The molecule has 0 spiro atoms. The van der Waals surface area contributed by atoms with Crippen molar-refractivity contribution in [1.29, 1.82) is 0 Å². The molecule has 3 rings (SSSR count). The topological polar surface area (TPSA) is 111 Å². The Labute approximate surface area is 186 Å². The van der Waals surface area contributed by atoms with E-state index in [4.69, 9.17) is 14.6 Å². The lowest BCUT2D eigenvalue weighted by Gasteiger charge is -2.11. The lowest BCUT2D eigenvalue weighted by Crippen LogP contribution is -2.21. The van der Waals surface area contributed by atoms with E-state index in [9.17, 15) is 22.8 Å². The first kappa shape index (κ1) is 25.4. The number of pyridine rings is 2. The lowest BCUT2D eigenvalue weighted by atomic mass is 10.2. The van der Waals surface area contributed by atoms with E-state index in [1.165, 1.54) is 6.07 Å². The summed E-state index contributed by atoms with van der Waals surface area (Å²) in [4.78, 5) is 37.1. The number of aliphatic carboxylic acids is 1. The number of hydrogen-bond acceptors (Lipinski definition) is 5. The van der Waals surface area contributed by atoms with Crippen molar-refractivity contribution in [3.8, 4) is 5.75 Å². The summed E-state index contributed by atoms with van der Waals surface area (Å²) in [5.74, 6) is -1.74. The third kappa shape index (κ3) is 7.34. The van der Waals surface area contributed by atoms with Crippen molar-refractivity contribution in [2.45, 2.75) is 25.9 Å². The molecule has 1 amide bonds. The summed E-state index contributed by atoms with van der Waals surface area (Å²) in [5.41, 5.74) is 1.61. The number of amides is 1. The fourth-order valence-corrected chi connectivity index (χ4v) is 2.73. The van der Waals surface area contributed by atoms with E-state index in [0.29, 0.717) is 31.0 Å². The molecule has 0 aliphatic heterocycles. The lowest BCUT2D eigenvalue weighted by molar-refractivity contribution is -0.192. The fourth-order valence-electron chi connectivity index (χ4n) is 2.73. The Kier molecular flexibility index (Phi) is 8.55. The molecule has 0 unspecified atom stereocenters. The number of anilines is 1. The number of benzene rings is 1. The number of hydrogen-bond donors (Lipinski definition) is 2. The molecule has 0 bridgehead atoms. The van der Waals surface area contributed by atoms with E-state index in [2.05, 4.69) is 10.3 Å². The van der Waals surface area contributed by atoms with Gasteiger partial charge in [0.2, 0.25) is 5.91 Å². The van der Waals surface area contributed by atoms with Gasteiger partial charge in [0.1, 0.15) is 11.6 Å². The molecule has 2 N–H and O–H groups in total. The van der Waals surface area contributed by atoms with Gasteiger partial charge < -0.3 is 19.7 Å². The quantitative estimate of drug-likeness (QED) is 0.538. The highest BCUT2D eigenvalue weighted by Gasteiger charge is 2.38. The molecule has 2 heterocycles. The van der Waals surface area contributed by atoms with E-state index in [0.717, 1.165) is 16.5 Å². The number of carboxylic acid groups (broad SMARTS) is 1. The van der Waals surface area contributed by atoms with Gasteiger partial charge in [-0.1, -0.05) is 18.2 Å². The Bertz CT molecular complexity index is 1190. The van der Waals surface area contributed by atoms with Crippen LogP contribution in [0.4, 0.5) is 19.0 Å². The first-order valence-corrected chi connectivity index (χ1v) is 9.74. The van der Waals surface area contributed by atoms with Crippen LogP contribution in [-0.2, 0) is 16.6 Å². The average molecular weight is 465 g/mol. The smallest absolute Gasteiger partial charge is 0.490 e. The average Bonchev–Trinajstić information content (AvgIpc) is 2.76. The summed E-state index contributed by atoms with van der Waals surface area (Å²) in [5, 5.41) is 10.8. The van der Waals surface area contributed by atoms with Gasteiger partial charge in [-0.05, 0) is 37.1 Å². The van der Waals surface area contributed by atoms with Gasteiger partial charge in [0, 0.05) is 31.1 Å². The number of carboxylic acids is 1. The molecule has 33 heavy (non-hydrogen) atoms. The van der Waals surface area contributed by atoms with Crippen LogP contribution in [0, 0.1) is 6.92 Å². The molecule has 11 heteroatoms. The molecule has 8 nitrogen and oxygen atoms in total. The summed E-state index contributed by atoms with van der Waals surface area (Å²) in [6, 6.07) is 12.8. The maximum absolute atomic E-state index is 12.0. The highest BCUT2D eigenvalue weighted by atomic mass is 19.4. The molecule has 0 radical (unpaired) electrons. The van der Waals surface area contributed by atoms with Crippen molar-refractivity contribution in [1.82, 2.24) is 9.55 Å². The van der Waals surface area contributed by atoms with E-state index in [1.807, 2.05) is 43.3 Å². The first-order chi connectivity index (χ1) is 15.5. The van der Waals surface area contributed by atoms with Gasteiger partial charge in [0.15, 0.2) is 0 Å². The minimum Gasteiger partial charge on any atom is -0.493 e. The molecule has 0 saturated carbocycles. The zero-order valence-electron chi connectivity index (χ0n) is 17.8. The summed E-state index contributed by atoms with van der Waals surface area (Å²) in [6.45, 7) is 2.25. The van der Waals surface area contributed by atoms with Crippen molar-refractivity contribution < 1.29 is 32.6 Å². The molecule has 2 aromatic heterocycles. The molecule has 176 valence electrons. The van der Waals surface area contributed by atoms with Crippen LogP contribution in [0.3, 0.4) is 0 Å². The maximum Gasteiger partial charge on any atom is 0.490 e. The van der Waals surface area contributed by atoms with Gasteiger partial charge >= 0.3 is 12.1 Å². The number of carbonyl (C=O) groups is 2. The van der Waals surface area contributed by atoms with E-state index >= 15 is 0 Å². The number of aryl methyl sites for hydroxylation is 2. The Morgan fingerprint density at radius 3 is 2.48 bits per heavy atom. The summed E-state index contributed by atoms with van der Waals surface area (Å²) in [6.07, 6.45) is -2.58. The highest BCUT2D eigenvalue weighted by molar-refractivity contribution is 5.90. The number of nitrogens with one attached hydrogen (secondary N) is 1. The second-order valence-corrected chi connectivity index (χ2v) is 6.90. The van der Waals surface area contributed by atoms with Crippen LogP contribution >= 0.6 is 0 Å². The van der Waals surface area contributed by atoms with Gasteiger partial charge in [0.05, 0.1) is 12.1 Å². The Morgan fingerprint density at radius 1 is 1.18 bits per heavy atom. The number of ether oxygens (including phenoxy) is 1. The van der Waals surface area contributed by atoms with Crippen LogP contribution in [0.1, 0.15) is 18.4 Å². The van der Waals surface area contributed by atoms with Crippen molar-refractivity contribution in [3.63, 3.8) is 0 Å². The van der Waals surface area contributed by atoms with Crippen molar-refractivity contribution in [2.75, 3.05) is 11.9 Å². The SMILES string of the molecule is Cc1cccnc1NC(=O)CCCOc1cc(=O)n(C)c2ccccc12.O=C(O)C(F)(F)F. The van der Waals surface area contributed by atoms with Crippen LogP contribution < -0.4 is 15.6 Å². The van der Waals surface area contributed by atoms with E-state index < -0.39 is 12.1 Å². The second-order valence-electron chi connectivity index (χ2n) is 6.90. The molecular formula is C22H22F3N3O5. The number of alkyl halides is 3. The molecule has 0 saturated heterocycles. The van der Waals surface area contributed by atoms with Gasteiger partial charge in [-0.15, -0.1) is 0 Å². The summed E-state index contributed by atoms with van der Waals surface area (Å²) >= 11 is 0. The zero-order chi connectivity index (χ0) is 24.6. The molecule has 0 fully saturated rings. The maximum atomic E-state index is 12.0. The second kappa shape index (κ2) is 11.1. The Balaban J connectivity index is 0.000000479. The molecule has 1 aromatic carbocycles. The number of nitrogens with zero attached hydrogens (tertiary/aromatic N) is 2. The van der Waals surface area contributed by atoms with Gasteiger partial charge in [-0.2, -0.15) is 13.2 Å². The van der Waals surface area contributed by atoms with Crippen molar-refractivity contribution >= 4 is 28.6 Å². The Morgan fingerprint density at radius 2 is 1.85 bits per heavy atom. The molecule has 0 aliphatic rings. The van der Waals surface area contributed by atoms with Crippen molar-refractivity contribution in [2.24, 2.45) is 7.05 Å². The third-order valence-electron chi connectivity index (χ3n) is 4.43. The minimum atomic E-state index is -5.08. The highest BCUT2D eigenvalue weighted by Crippen LogP contribution is 2.23. The van der Waals surface area contributed by atoms with E-state index in [1.54, 1.807) is 17.8 Å². The summed E-state index contributed by atoms with van der Waals surface area (Å²) < 4.78 is 39.1. The van der Waals surface area contributed by atoms with E-state index in [-0.39, 0.29) is 11.5 Å². The van der Waals surface area contributed by atoms with Gasteiger partial charge in [-0.25, -0.2) is 9.78 Å². The van der Waals surface area contributed by atoms with Crippen LogP contribution in [0.5, 0.6) is 5.75 Å². The normalized spacial score (nSPS) is 10.8. The van der Waals surface area contributed by atoms with Gasteiger partial charge in [-0.3, -0.25) is 9.59 Å². The molecule has 0 atom stereocenters. The predicted octanol–water partition coefficient (Wildman–Crippen LogP) is 3.67. The first-order valence-electron chi connectivity index (χ1n) is 9.74. The number of halogens is 3. The zero-order valence-corrected chi connectivity index (χ0v) is 17.8. The molecule has 0 aliphatic carbocycles.